The summed E-state index contributed by atoms with van der Waals surface area (Å²) in [4.78, 5) is 24.4. The van der Waals surface area contributed by atoms with Gasteiger partial charge in [-0.1, -0.05) is 29.3 Å². The van der Waals surface area contributed by atoms with Crippen molar-refractivity contribution in [2.24, 2.45) is 0 Å². The third kappa shape index (κ3) is 4.78. The second-order valence-electron chi connectivity index (χ2n) is 4.90. The first-order valence-corrected chi connectivity index (χ1v) is 7.96. The van der Waals surface area contributed by atoms with Crippen molar-refractivity contribution in [2.75, 3.05) is 26.1 Å². The Morgan fingerprint density at radius 1 is 1.00 bits per heavy atom. The molecule has 25 heavy (non-hydrogen) atoms. The average molecular weight is 383 g/mol. The molecular weight excluding hydrogens is 367 g/mol. The van der Waals surface area contributed by atoms with Crippen LogP contribution in [-0.2, 0) is 4.79 Å². The minimum Gasteiger partial charge on any atom is -0.496 e. The maximum absolute atomic E-state index is 12.4. The van der Waals surface area contributed by atoms with Crippen LogP contribution in [0.2, 0.25) is 10.0 Å². The predicted molar refractivity (Wildman–Crippen MR) is 97.0 cm³/mol. The van der Waals surface area contributed by atoms with Crippen LogP contribution in [0.1, 0.15) is 10.4 Å². The normalized spacial score (nSPS) is 10.1. The molecule has 0 aliphatic carbocycles. The molecule has 0 aliphatic rings. The first-order valence-electron chi connectivity index (χ1n) is 7.20. The van der Waals surface area contributed by atoms with Gasteiger partial charge in [-0.2, -0.15) is 0 Å². The smallest absolute Gasteiger partial charge is 0.259 e. The van der Waals surface area contributed by atoms with Gasteiger partial charge in [0.2, 0.25) is 5.91 Å². The number of rotatable bonds is 6. The number of hydrogen-bond acceptors (Lipinski definition) is 4. The summed E-state index contributed by atoms with van der Waals surface area (Å²) in [6.07, 6.45) is 0. The number of anilines is 1. The summed E-state index contributed by atoms with van der Waals surface area (Å²) in [5.74, 6) is -0.206. The summed E-state index contributed by atoms with van der Waals surface area (Å²) in [6, 6.07) is 9.66. The summed E-state index contributed by atoms with van der Waals surface area (Å²) in [7, 11) is 2.89. The third-order valence-electron chi connectivity index (χ3n) is 3.27. The number of amides is 2. The second kappa shape index (κ2) is 8.60. The number of benzene rings is 2. The Morgan fingerprint density at radius 3 is 2.20 bits per heavy atom. The summed E-state index contributed by atoms with van der Waals surface area (Å²) < 4.78 is 10.3. The number of halogens is 2. The van der Waals surface area contributed by atoms with Gasteiger partial charge in [0.25, 0.3) is 5.91 Å². The van der Waals surface area contributed by atoms with Crippen LogP contribution >= 0.6 is 23.2 Å². The van der Waals surface area contributed by atoms with E-state index in [9.17, 15) is 9.59 Å². The molecule has 2 N–H and O–H groups in total. The van der Waals surface area contributed by atoms with E-state index >= 15 is 0 Å². The lowest BCUT2D eigenvalue weighted by Gasteiger charge is -2.13. The van der Waals surface area contributed by atoms with Gasteiger partial charge in [-0.05, 0) is 30.3 Å². The molecule has 8 heteroatoms. The van der Waals surface area contributed by atoms with Crippen LogP contribution < -0.4 is 20.1 Å². The summed E-state index contributed by atoms with van der Waals surface area (Å²) in [5, 5.41) is 5.85. The van der Waals surface area contributed by atoms with Crippen LogP contribution in [0, 0.1) is 0 Å². The zero-order chi connectivity index (χ0) is 18.4. The van der Waals surface area contributed by atoms with Crippen LogP contribution in [0.3, 0.4) is 0 Å². The lowest BCUT2D eigenvalue weighted by molar-refractivity contribution is -0.115. The van der Waals surface area contributed by atoms with Crippen molar-refractivity contribution in [3.8, 4) is 11.5 Å². The number of methoxy groups -OCH3 is 2. The average Bonchev–Trinajstić information content (AvgIpc) is 2.62. The summed E-state index contributed by atoms with van der Waals surface area (Å²) in [6.45, 7) is -0.236. The fourth-order valence-electron chi connectivity index (χ4n) is 2.10. The molecule has 2 rings (SSSR count). The summed E-state index contributed by atoms with van der Waals surface area (Å²) in [5.41, 5.74) is 0.693. The molecule has 0 bridgehead atoms. The Morgan fingerprint density at radius 2 is 1.64 bits per heavy atom. The van der Waals surface area contributed by atoms with Crippen LogP contribution in [0.15, 0.2) is 36.4 Å². The standard InChI is InChI=1S/C17H16Cl2N2O4/c1-24-13-4-3-5-14(25-2)16(13)17(23)20-9-15(22)21-10-6-7-11(18)12(19)8-10/h3-8H,9H2,1-2H3,(H,20,23)(H,21,22). The fraction of sp³-hybridized carbons (Fsp3) is 0.176. The molecule has 0 saturated heterocycles. The van der Waals surface area contributed by atoms with Crippen molar-refractivity contribution >= 4 is 40.7 Å². The van der Waals surface area contributed by atoms with Crippen LogP contribution in [-0.4, -0.2) is 32.6 Å². The maximum Gasteiger partial charge on any atom is 0.259 e. The van der Waals surface area contributed by atoms with Crippen molar-refractivity contribution in [2.45, 2.75) is 0 Å². The molecule has 0 radical (unpaired) electrons. The highest BCUT2D eigenvalue weighted by Gasteiger charge is 2.18. The van der Waals surface area contributed by atoms with Gasteiger partial charge in [0, 0.05) is 5.69 Å². The quantitative estimate of drug-likeness (QED) is 0.802. The fourth-order valence-corrected chi connectivity index (χ4v) is 2.40. The molecule has 0 heterocycles. The number of ether oxygens (including phenoxy) is 2. The molecule has 0 saturated carbocycles. The van der Waals surface area contributed by atoms with E-state index in [2.05, 4.69) is 10.6 Å². The highest BCUT2D eigenvalue weighted by atomic mass is 35.5. The Kier molecular flexibility index (Phi) is 6.50. The van der Waals surface area contributed by atoms with Gasteiger partial charge in [0.1, 0.15) is 17.1 Å². The highest BCUT2D eigenvalue weighted by molar-refractivity contribution is 6.42. The maximum atomic E-state index is 12.4. The van der Waals surface area contributed by atoms with E-state index in [0.717, 1.165) is 0 Å². The van der Waals surface area contributed by atoms with E-state index in [1.54, 1.807) is 30.3 Å². The Bertz CT molecular complexity index is 774. The first-order chi connectivity index (χ1) is 12.0. The van der Waals surface area contributed by atoms with Gasteiger partial charge in [0.05, 0.1) is 30.8 Å². The van der Waals surface area contributed by atoms with Gasteiger partial charge < -0.3 is 20.1 Å². The van der Waals surface area contributed by atoms with Crippen molar-refractivity contribution in [1.29, 1.82) is 0 Å². The molecule has 0 fully saturated rings. The van der Waals surface area contributed by atoms with Crippen molar-refractivity contribution in [1.82, 2.24) is 5.32 Å². The first kappa shape index (κ1) is 18.9. The van der Waals surface area contributed by atoms with Crippen molar-refractivity contribution in [3.05, 3.63) is 52.0 Å². The number of carbonyl (C=O) groups excluding carboxylic acids is 2. The largest absolute Gasteiger partial charge is 0.496 e. The van der Waals surface area contributed by atoms with E-state index in [1.807, 2.05) is 0 Å². The molecule has 0 atom stereocenters. The van der Waals surface area contributed by atoms with E-state index in [-0.39, 0.29) is 12.1 Å². The molecule has 0 spiro atoms. The SMILES string of the molecule is COc1cccc(OC)c1C(=O)NCC(=O)Nc1ccc(Cl)c(Cl)c1. The lowest BCUT2D eigenvalue weighted by atomic mass is 10.1. The molecule has 0 aliphatic heterocycles. The molecule has 0 unspecified atom stereocenters. The molecule has 2 amide bonds. The molecular formula is C17H16Cl2N2O4. The van der Waals surface area contributed by atoms with Crippen LogP contribution in [0.4, 0.5) is 5.69 Å². The van der Waals surface area contributed by atoms with E-state index < -0.39 is 11.8 Å². The van der Waals surface area contributed by atoms with Crippen molar-refractivity contribution < 1.29 is 19.1 Å². The minimum atomic E-state index is -0.487. The minimum absolute atomic E-state index is 0.217. The van der Waals surface area contributed by atoms with E-state index in [1.165, 1.54) is 20.3 Å². The Labute approximate surface area is 155 Å². The van der Waals surface area contributed by atoms with Crippen LogP contribution in [0.25, 0.3) is 0 Å². The third-order valence-corrected chi connectivity index (χ3v) is 4.01. The number of carbonyl (C=O) groups is 2. The van der Waals surface area contributed by atoms with E-state index in [4.69, 9.17) is 32.7 Å². The van der Waals surface area contributed by atoms with Gasteiger partial charge in [-0.15, -0.1) is 0 Å². The molecule has 6 nitrogen and oxygen atoms in total. The van der Waals surface area contributed by atoms with Gasteiger partial charge in [-0.3, -0.25) is 9.59 Å². The van der Waals surface area contributed by atoms with Crippen LogP contribution in [0.5, 0.6) is 11.5 Å². The molecule has 2 aromatic rings. The van der Waals surface area contributed by atoms with Gasteiger partial charge in [-0.25, -0.2) is 0 Å². The zero-order valence-electron chi connectivity index (χ0n) is 13.6. The predicted octanol–water partition coefficient (Wildman–Crippen LogP) is 3.38. The second-order valence-corrected chi connectivity index (χ2v) is 5.71. The Hall–Kier alpha value is -2.44. The monoisotopic (exact) mass is 382 g/mol. The number of nitrogens with one attached hydrogen (secondary N) is 2. The molecule has 0 aromatic heterocycles. The van der Waals surface area contributed by atoms with Gasteiger partial charge >= 0.3 is 0 Å². The lowest BCUT2D eigenvalue weighted by Crippen LogP contribution is -2.33. The van der Waals surface area contributed by atoms with E-state index in [0.29, 0.717) is 27.2 Å². The molecule has 2 aromatic carbocycles. The Balaban J connectivity index is 2.02. The van der Waals surface area contributed by atoms with Gasteiger partial charge in [0.15, 0.2) is 0 Å². The van der Waals surface area contributed by atoms with Crippen molar-refractivity contribution in [3.63, 3.8) is 0 Å². The number of hydrogen-bond donors (Lipinski definition) is 2. The zero-order valence-corrected chi connectivity index (χ0v) is 15.1. The molecule has 132 valence electrons. The summed E-state index contributed by atoms with van der Waals surface area (Å²) >= 11 is 11.7. The highest BCUT2D eigenvalue weighted by Crippen LogP contribution is 2.28. The topological polar surface area (TPSA) is 76.7 Å².